The molecule has 1 aromatic heterocycles. The average Bonchev–Trinajstić information content (AvgIpc) is 2.82. The highest BCUT2D eigenvalue weighted by atomic mass is 35.5. The zero-order chi connectivity index (χ0) is 12.0. The summed E-state index contributed by atoms with van der Waals surface area (Å²) >= 11 is 6.01. The summed E-state index contributed by atoms with van der Waals surface area (Å²) in [5.41, 5.74) is 8.62. The lowest BCUT2D eigenvalue weighted by atomic mass is 10.0. The Bertz CT molecular complexity index is 621. The van der Waals surface area contributed by atoms with E-state index >= 15 is 0 Å². The molecule has 0 saturated heterocycles. The number of hydrogen-bond acceptors (Lipinski definition) is 4. The normalized spacial score (nSPS) is 13.6. The van der Waals surface area contributed by atoms with Gasteiger partial charge >= 0.3 is 0 Å². The average molecular weight is 250 g/mol. The number of anilines is 2. The summed E-state index contributed by atoms with van der Waals surface area (Å²) in [7, 11) is 0. The number of halogens is 1. The van der Waals surface area contributed by atoms with Gasteiger partial charge in [-0.25, -0.2) is 0 Å². The van der Waals surface area contributed by atoms with Crippen molar-refractivity contribution in [3.8, 4) is 11.1 Å². The second-order valence-corrected chi connectivity index (χ2v) is 4.25. The summed E-state index contributed by atoms with van der Waals surface area (Å²) in [6, 6.07) is 3.50. The van der Waals surface area contributed by atoms with Crippen molar-refractivity contribution in [2.75, 3.05) is 11.1 Å². The highest BCUT2D eigenvalue weighted by molar-refractivity contribution is 6.31. The Balaban J connectivity index is 2.25. The summed E-state index contributed by atoms with van der Waals surface area (Å²) in [6.45, 7) is 0. The third-order valence-corrected chi connectivity index (χ3v) is 2.91. The maximum absolute atomic E-state index is 11.4. The molecule has 1 aliphatic rings. The van der Waals surface area contributed by atoms with Crippen LogP contribution in [0.25, 0.3) is 11.1 Å². The van der Waals surface area contributed by atoms with E-state index in [-0.39, 0.29) is 11.8 Å². The van der Waals surface area contributed by atoms with E-state index in [1.807, 2.05) is 0 Å². The van der Waals surface area contributed by atoms with Gasteiger partial charge in [0.15, 0.2) is 0 Å². The van der Waals surface area contributed by atoms with Crippen molar-refractivity contribution in [3.05, 3.63) is 28.9 Å². The van der Waals surface area contributed by atoms with Gasteiger partial charge in [0.1, 0.15) is 0 Å². The van der Waals surface area contributed by atoms with Crippen LogP contribution in [0.4, 0.5) is 11.6 Å². The molecule has 3 N–H and O–H groups in total. The summed E-state index contributed by atoms with van der Waals surface area (Å²) in [6.07, 6.45) is 1.83. The summed E-state index contributed by atoms with van der Waals surface area (Å²) in [5, 5.41) is 6.95. The van der Waals surface area contributed by atoms with Gasteiger partial charge in [0.2, 0.25) is 11.8 Å². The van der Waals surface area contributed by atoms with Gasteiger partial charge in [0, 0.05) is 10.6 Å². The Morgan fingerprint density at radius 3 is 2.94 bits per heavy atom. The molecule has 3 rings (SSSR count). The van der Waals surface area contributed by atoms with Crippen molar-refractivity contribution >= 4 is 29.1 Å². The summed E-state index contributed by atoms with van der Waals surface area (Å²) in [5.74, 6) is 0.147. The lowest BCUT2D eigenvalue weighted by Gasteiger charge is -2.07. The van der Waals surface area contributed by atoms with Crippen LogP contribution in [0, 0.1) is 0 Å². The minimum Gasteiger partial charge on any atom is -0.367 e. The fourth-order valence-corrected chi connectivity index (χ4v) is 2.21. The topological polar surface area (TPSA) is 81.2 Å². The predicted molar refractivity (Wildman–Crippen MR) is 63.7 cm³/mol. The van der Waals surface area contributed by atoms with Gasteiger partial charge in [-0.15, -0.1) is 0 Å². The quantitative estimate of drug-likeness (QED) is 0.811. The van der Waals surface area contributed by atoms with E-state index in [9.17, 15) is 4.79 Å². The first kappa shape index (κ1) is 10.2. The number of carbonyl (C=O) groups is 1. The number of hydrogen-bond donors (Lipinski definition) is 2. The molecule has 17 heavy (non-hydrogen) atoms. The maximum atomic E-state index is 11.4. The molecule has 0 aliphatic carbocycles. The first-order valence-corrected chi connectivity index (χ1v) is 5.36. The van der Waals surface area contributed by atoms with Crippen LogP contribution >= 0.6 is 11.6 Å². The van der Waals surface area contributed by atoms with Crippen molar-refractivity contribution < 1.29 is 9.32 Å². The molecule has 2 aromatic rings. The molecule has 0 fully saturated rings. The molecule has 1 aliphatic heterocycles. The van der Waals surface area contributed by atoms with E-state index < -0.39 is 0 Å². The van der Waals surface area contributed by atoms with Gasteiger partial charge in [-0.3, -0.25) is 4.79 Å². The zero-order valence-electron chi connectivity index (χ0n) is 8.66. The molecule has 2 heterocycles. The minimum atomic E-state index is -0.0569. The van der Waals surface area contributed by atoms with Gasteiger partial charge in [-0.1, -0.05) is 16.8 Å². The Morgan fingerprint density at radius 2 is 2.24 bits per heavy atom. The van der Waals surface area contributed by atoms with Crippen molar-refractivity contribution in [1.29, 1.82) is 0 Å². The standard InChI is InChI=1S/C11H8ClN3O2/c12-6-1-5-2-9(16)15-10(5)7(3-6)8-4-14-17-11(8)13/h1,3-4H,2,13H2,(H,15,16). The molecule has 1 amide bonds. The van der Waals surface area contributed by atoms with E-state index in [1.54, 1.807) is 12.1 Å². The molecule has 0 atom stereocenters. The van der Waals surface area contributed by atoms with E-state index in [1.165, 1.54) is 6.20 Å². The van der Waals surface area contributed by atoms with Crippen LogP contribution in [-0.2, 0) is 11.2 Å². The smallest absolute Gasteiger partial charge is 0.230 e. The second-order valence-electron chi connectivity index (χ2n) is 3.82. The van der Waals surface area contributed by atoms with Gasteiger partial charge in [0.05, 0.1) is 23.9 Å². The number of nitrogens with zero attached hydrogens (tertiary/aromatic N) is 1. The van der Waals surface area contributed by atoms with Crippen LogP contribution < -0.4 is 11.1 Å². The fourth-order valence-electron chi connectivity index (χ4n) is 1.97. The minimum absolute atomic E-state index is 0.0569. The van der Waals surface area contributed by atoms with Crippen LogP contribution in [-0.4, -0.2) is 11.1 Å². The number of nitrogen functional groups attached to an aromatic ring is 1. The monoisotopic (exact) mass is 249 g/mol. The van der Waals surface area contributed by atoms with Gasteiger partial charge in [-0.2, -0.15) is 0 Å². The Morgan fingerprint density at radius 1 is 1.41 bits per heavy atom. The van der Waals surface area contributed by atoms with Crippen LogP contribution in [0.5, 0.6) is 0 Å². The number of nitrogens with one attached hydrogen (secondary N) is 1. The molecule has 0 unspecified atom stereocenters. The van der Waals surface area contributed by atoms with Crippen molar-refractivity contribution in [3.63, 3.8) is 0 Å². The van der Waals surface area contributed by atoms with E-state index in [0.29, 0.717) is 17.0 Å². The molecule has 0 radical (unpaired) electrons. The predicted octanol–water partition coefficient (Wildman–Crippen LogP) is 2.07. The van der Waals surface area contributed by atoms with Gasteiger partial charge < -0.3 is 15.6 Å². The van der Waals surface area contributed by atoms with Gasteiger partial charge in [-0.05, 0) is 17.7 Å². The summed E-state index contributed by atoms with van der Waals surface area (Å²) < 4.78 is 4.82. The van der Waals surface area contributed by atoms with Crippen LogP contribution in [0.1, 0.15) is 5.56 Å². The number of amides is 1. The molecule has 86 valence electrons. The molecule has 5 nitrogen and oxygen atoms in total. The summed E-state index contributed by atoms with van der Waals surface area (Å²) in [4.78, 5) is 11.4. The maximum Gasteiger partial charge on any atom is 0.230 e. The van der Waals surface area contributed by atoms with E-state index in [4.69, 9.17) is 21.9 Å². The van der Waals surface area contributed by atoms with Crippen molar-refractivity contribution in [2.45, 2.75) is 6.42 Å². The molecule has 0 bridgehead atoms. The number of carbonyl (C=O) groups excluding carboxylic acids is 1. The number of fused-ring (bicyclic) bond motifs is 1. The number of nitrogens with two attached hydrogens (primary N) is 1. The Labute approximate surface area is 102 Å². The Hall–Kier alpha value is -2.01. The SMILES string of the molecule is Nc1oncc1-c1cc(Cl)cc2c1NC(=O)C2. The first-order valence-electron chi connectivity index (χ1n) is 4.98. The Kier molecular flexibility index (Phi) is 2.09. The molecule has 6 heteroatoms. The third-order valence-electron chi connectivity index (χ3n) is 2.69. The molecule has 0 saturated carbocycles. The third kappa shape index (κ3) is 1.55. The zero-order valence-corrected chi connectivity index (χ0v) is 9.41. The molecular weight excluding hydrogens is 242 g/mol. The van der Waals surface area contributed by atoms with Crippen LogP contribution in [0.3, 0.4) is 0 Å². The highest BCUT2D eigenvalue weighted by Crippen LogP contribution is 2.39. The molecule has 0 spiro atoms. The fraction of sp³-hybridized carbons (Fsp3) is 0.0909. The van der Waals surface area contributed by atoms with E-state index in [2.05, 4.69) is 10.5 Å². The van der Waals surface area contributed by atoms with E-state index in [0.717, 1.165) is 16.8 Å². The lowest BCUT2D eigenvalue weighted by Crippen LogP contribution is -2.04. The second kappa shape index (κ2) is 3.49. The van der Waals surface area contributed by atoms with Crippen molar-refractivity contribution in [1.82, 2.24) is 5.16 Å². The lowest BCUT2D eigenvalue weighted by molar-refractivity contribution is -0.115. The number of rotatable bonds is 1. The largest absolute Gasteiger partial charge is 0.367 e. The van der Waals surface area contributed by atoms with Crippen LogP contribution in [0.2, 0.25) is 5.02 Å². The van der Waals surface area contributed by atoms with Crippen LogP contribution in [0.15, 0.2) is 22.9 Å². The first-order chi connectivity index (χ1) is 8.15. The molecule has 1 aromatic carbocycles. The highest BCUT2D eigenvalue weighted by Gasteiger charge is 2.24. The number of benzene rings is 1. The number of aromatic nitrogens is 1. The van der Waals surface area contributed by atoms with Crippen molar-refractivity contribution in [2.24, 2.45) is 0 Å². The van der Waals surface area contributed by atoms with Gasteiger partial charge in [0.25, 0.3) is 0 Å². The molecular formula is C11H8ClN3O2.